The fourth-order valence-electron chi connectivity index (χ4n) is 3.26. The Labute approximate surface area is 193 Å². The monoisotopic (exact) mass is 475 g/mol. The second kappa shape index (κ2) is 9.62. The van der Waals surface area contributed by atoms with Gasteiger partial charge in [0, 0.05) is 35.4 Å². The van der Waals surface area contributed by atoms with Crippen LogP contribution >= 0.6 is 23.2 Å². The highest BCUT2D eigenvalue weighted by Gasteiger charge is 2.21. The van der Waals surface area contributed by atoms with E-state index in [-0.39, 0.29) is 32.6 Å². The minimum atomic E-state index is -0.462. The van der Waals surface area contributed by atoms with E-state index in [1.165, 1.54) is 24.5 Å². The van der Waals surface area contributed by atoms with Gasteiger partial charge in [-0.3, -0.25) is 9.78 Å². The quantitative estimate of drug-likeness (QED) is 0.172. The molecule has 2 aromatic carbocycles. The van der Waals surface area contributed by atoms with Gasteiger partial charge in [0.25, 0.3) is 5.91 Å². The summed E-state index contributed by atoms with van der Waals surface area (Å²) in [6, 6.07) is 8.35. The number of aromatic nitrogens is 1. The number of hydrogen-bond acceptors (Lipinski definition) is 7. The number of phenols is 1. The molecule has 0 aliphatic rings. The standard InChI is InChI=1S/C22H19Cl2N3O5/c1-2-30-31-8-7-26-12-3-6-18-14(9-12)19-13(4-5-17(28)21(19)32-18)22(29)27-20-15(23)10-25-11-16(20)24/h3-6,9-11,26,28H,2,7-8H2,1H3,(H,25,27,29). The number of hydrogen-bond donors (Lipinski definition) is 3. The molecule has 0 fully saturated rings. The number of carbonyl (C=O) groups excluding carboxylic acids is 1. The second-order valence-electron chi connectivity index (χ2n) is 6.74. The molecule has 0 aliphatic heterocycles. The van der Waals surface area contributed by atoms with Crippen molar-refractivity contribution >= 4 is 62.4 Å². The molecule has 166 valence electrons. The predicted octanol–water partition coefficient (Wildman–Crippen LogP) is 5.63. The molecule has 1 amide bonds. The van der Waals surface area contributed by atoms with Crippen LogP contribution < -0.4 is 10.6 Å². The van der Waals surface area contributed by atoms with E-state index in [4.69, 9.17) is 37.4 Å². The van der Waals surface area contributed by atoms with Gasteiger partial charge in [-0.15, -0.1) is 0 Å². The molecule has 0 saturated carbocycles. The van der Waals surface area contributed by atoms with Crippen LogP contribution in [0.1, 0.15) is 17.3 Å². The highest BCUT2D eigenvalue weighted by molar-refractivity contribution is 6.40. The van der Waals surface area contributed by atoms with Gasteiger partial charge in [0.2, 0.25) is 0 Å². The van der Waals surface area contributed by atoms with E-state index in [0.717, 1.165) is 5.69 Å². The number of furan rings is 1. The van der Waals surface area contributed by atoms with E-state index in [1.54, 1.807) is 6.07 Å². The van der Waals surface area contributed by atoms with Crippen LogP contribution in [0.25, 0.3) is 21.9 Å². The number of nitrogens with one attached hydrogen (secondary N) is 2. The second-order valence-corrected chi connectivity index (χ2v) is 7.55. The van der Waals surface area contributed by atoms with Crippen LogP contribution in [0.5, 0.6) is 5.75 Å². The molecule has 8 nitrogen and oxygen atoms in total. The van der Waals surface area contributed by atoms with Crippen molar-refractivity contribution in [1.82, 2.24) is 4.98 Å². The Kier molecular flexibility index (Phi) is 6.66. The normalized spacial score (nSPS) is 11.2. The average Bonchev–Trinajstić information content (AvgIpc) is 3.16. The molecule has 0 unspecified atom stereocenters. The van der Waals surface area contributed by atoms with Gasteiger partial charge in [-0.2, -0.15) is 0 Å². The van der Waals surface area contributed by atoms with Crippen molar-refractivity contribution in [2.24, 2.45) is 0 Å². The summed E-state index contributed by atoms with van der Waals surface area (Å²) in [4.78, 5) is 26.9. The van der Waals surface area contributed by atoms with Crippen molar-refractivity contribution in [2.45, 2.75) is 6.92 Å². The van der Waals surface area contributed by atoms with E-state index in [0.29, 0.717) is 36.1 Å². The van der Waals surface area contributed by atoms with E-state index < -0.39 is 5.91 Å². The highest BCUT2D eigenvalue weighted by atomic mass is 35.5. The number of amides is 1. The van der Waals surface area contributed by atoms with E-state index in [9.17, 15) is 9.90 Å². The first-order valence-corrected chi connectivity index (χ1v) is 10.5. The smallest absolute Gasteiger partial charge is 0.256 e. The van der Waals surface area contributed by atoms with Crippen LogP contribution in [-0.2, 0) is 9.78 Å². The van der Waals surface area contributed by atoms with Gasteiger partial charge >= 0.3 is 0 Å². The first-order valence-electron chi connectivity index (χ1n) is 9.76. The molecule has 4 rings (SSSR count). The number of anilines is 2. The summed E-state index contributed by atoms with van der Waals surface area (Å²) in [5.41, 5.74) is 2.05. The minimum Gasteiger partial charge on any atom is -0.504 e. The van der Waals surface area contributed by atoms with E-state index in [2.05, 4.69) is 15.6 Å². The fourth-order valence-corrected chi connectivity index (χ4v) is 3.72. The van der Waals surface area contributed by atoms with Crippen LogP contribution in [0.2, 0.25) is 10.0 Å². The van der Waals surface area contributed by atoms with Crippen LogP contribution in [0.15, 0.2) is 47.1 Å². The molecular weight excluding hydrogens is 457 g/mol. The maximum atomic E-state index is 13.1. The van der Waals surface area contributed by atoms with Gasteiger partial charge in [-0.1, -0.05) is 23.2 Å². The maximum Gasteiger partial charge on any atom is 0.256 e. The third kappa shape index (κ3) is 4.44. The van der Waals surface area contributed by atoms with Gasteiger partial charge in [-0.25, -0.2) is 9.78 Å². The third-order valence-electron chi connectivity index (χ3n) is 4.65. The van der Waals surface area contributed by atoms with Crippen LogP contribution in [0.3, 0.4) is 0 Å². The number of halogens is 2. The zero-order valence-corrected chi connectivity index (χ0v) is 18.5. The molecule has 2 heterocycles. The van der Waals surface area contributed by atoms with Crippen molar-refractivity contribution in [1.29, 1.82) is 0 Å². The topological polar surface area (TPSA) is 106 Å². The van der Waals surface area contributed by atoms with Crippen LogP contribution in [0, 0.1) is 0 Å². The third-order valence-corrected chi connectivity index (χ3v) is 5.22. The molecule has 32 heavy (non-hydrogen) atoms. The lowest BCUT2D eigenvalue weighted by Gasteiger charge is -2.10. The van der Waals surface area contributed by atoms with Crippen LogP contribution in [-0.4, -0.2) is 35.8 Å². The molecule has 0 saturated heterocycles. The number of phenolic OH excluding ortho intramolecular Hbond substituents is 1. The Morgan fingerprint density at radius 3 is 2.69 bits per heavy atom. The molecule has 0 radical (unpaired) electrons. The van der Waals surface area contributed by atoms with Gasteiger partial charge in [0.15, 0.2) is 11.3 Å². The zero-order chi connectivity index (χ0) is 22.7. The first kappa shape index (κ1) is 22.2. The molecule has 2 aromatic heterocycles. The summed E-state index contributed by atoms with van der Waals surface area (Å²) in [6.45, 7) is 3.18. The van der Waals surface area contributed by atoms with Crippen molar-refractivity contribution in [3.05, 3.63) is 58.3 Å². The number of benzene rings is 2. The van der Waals surface area contributed by atoms with Gasteiger partial charge in [0.1, 0.15) is 5.58 Å². The lowest BCUT2D eigenvalue weighted by Crippen LogP contribution is -2.13. The Morgan fingerprint density at radius 1 is 1.16 bits per heavy atom. The van der Waals surface area contributed by atoms with Crippen molar-refractivity contribution in [3.63, 3.8) is 0 Å². The molecule has 0 atom stereocenters. The zero-order valence-electron chi connectivity index (χ0n) is 16.9. The lowest BCUT2D eigenvalue weighted by molar-refractivity contribution is -0.288. The summed E-state index contributed by atoms with van der Waals surface area (Å²) in [5.74, 6) is -0.538. The Bertz CT molecular complexity index is 1270. The van der Waals surface area contributed by atoms with E-state index in [1.807, 2.05) is 19.1 Å². The largest absolute Gasteiger partial charge is 0.504 e. The predicted molar refractivity (Wildman–Crippen MR) is 124 cm³/mol. The van der Waals surface area contributed by atoms with Gasteiger partial charge in [-0.05, 0) is 37.3 Å². The number of carbonyl (C=O) groups is 1. The molecular formula is C22H19Cl2N3O5. The summed E-state index contributed by atoms with van der Waals surface area (Å²) < 4.78 is 5.82. The number of fused-ring (bicyclic) bond motifs is 3. The Balaban J connectivity index is 1.71. The number of pyridine rings is 1. The first-order chi connectivity index (χ1) is 15.5. The molecule has 4 aromatic rings. The Hall–Kier alpha value is -3.04. The molecule has 0 bridgehead atoms. The minimum absolute atomic E-state index is 0.0765. The summed E-state index contributed by atoms with van der Waals surface area (Å²) in [5, 5.41) is 17.8. The molecule has 0 spiro atoms. The SMILES string of the molecule is CCOOCCNc1ccc2oc3c(O)ccc(C(=O)Nc4c(Cl)cncc4Cl)c3c2c1. The van der Waals surface area contributed by atoms with E-state index >= 15 is 0 Å². The summed E-state index contributed by atoms with van der Waals surface area (Å²) >= 11 is 12.3. The van der Waals surface area contributed by atoms with Crippen molar-refractivity contribution < 1.29 is 24.1 Å². The summed E-state index contributed by atoms with van der Waals surface area (Å²) in [7, 11) is 0. The number of nitrogens with zero attached hydrogens (tertiary/aromatic N) is 1. The van der Waals surface area contributed by atoms with Gasteiger partial charge < -0.3 is 20.2 Å². The van der Waals surface area contributed by atoms with Crippen molar-refractivity contribution in [3.8, 4) is 5.75 Å². The molecule has 10 heteroatoms. The van der Waals surface area contributed by atoms with Gasteiger partial charge in [0.05, 0.1) is 34.5 Å². The summed E-state index contributed by atoms with van der Waals surface area (Å²) in [6.07, 6.45) is 2.77. The molecule has 0 aliphatic carbocycles. The Morgan fingerprint density at radius 2 is 1.94 bits per heavy atom. The van der Waals surface area contributed by atoms with Crippen LogP contribution in [0.4, 0.5) is 11.4 Å². The fraction of sp³-hybridized carbons (Fsp3) is 0.182. The number of rotatable bonds is 8. The highest BCUT2D eigenvalue weighted by Crippen LogP contribution is 2.38. The lowest BCUT2D eigenvalue weighted by atomic mass is 10.0. The number of aromatic hydroxyl groups is 1. The van der Waals surface area contributed by atoms with Crippen molar-refractivity contribution in [2.75, 3.05) is 30.4 Å². The molecule has 3 N–H and O–H groups in total. The average molecular weight is 476 g/mol. The maximum absolute atomic E-state index is 13.1.